The number of carbonyl (C=O) groups is 2. The van der Waals surface area contributed by atoms with Gasteiger partial charge in [0.1, 0.15) is 6.10 Å². The molecule has 0 aliphatic carbocycles. The van der Waals surface area contributed by atoms with E-state index < -0.39 is 17.9 Å². The number of esters is 2. The molecule has 0 aromatic rings. The molecule has 1 aliphatic heterocycles. The molecule has 0 N–H and O–H groups in total. The Kier molecular flexibility index (Phi) is 5.50. The van der Waals surface area contributed by atoms with Gasteiger partial charge in [-0.25, -0.2) is 0 Å². The lowest BCUT2D eigenvalue weighted by molar-refractivity contribution is -0.158. The molecule has 0 aromatic carbocycles. The average molecular weight is 240 g/mol. The second-order valence-corrected chi connectivity index (χ2v) is 3.63. The molecule has 0 amide bonds. The van der Waals surface area contributed by atoms with Gasteiger partial charge < -0.3 is 14.2 Å². The van der Waals surface area contributed by atoms with Crippen molar-refractivity contribution < 1.29 is 23.8 Å². The summed E-state index contributed by atoms with van der Waals surface area (Å²) in [6, 6.07) is 0. The minimum absolute atomic E-state index is 0.0778. The molecule has 1 rings (SSSR count). The van der Waals surface area contributed by atoms with E-state index in [0.29, 0.717) is 0 Å². The van der Waals surface area contributed by atoms with Gasteiger partial charge in [-0.1, -0.05) is 11.8 Å². The molecule has 94 valence electrons. The molecule has 0 bridgehead atoms. The summed E-state index contributed by atoms with van der Waals surface area (Å²) < 4.78 is 14.3. The van der Waals surface area contributed by atoms with Crippen LogP contribution in [0.25, 0.3) is 0 Å². The van der Waals surface area contributed by atoms with E-state index in [9.17, 15) is 9.59 Å². The van der Waals surface area contributed by atoms with Crippen molar-refractivity contribution in [3.8, 4) is 11.8 Å². The van der Waals surface area contributed by atoms with Crippen molar-refractivity contribution in [1.82, 2.24) is 0 Å². The minimum atomic E-state index is -0.973. The maximum absolute atomic E-state index is 11.3. The zero-order valence-electron chi connectivity index (χ0n) is 10.0. The quantitative estimate of drug-likeness (QED) is 0.409. The van der Waals surface area contributed by atoms with Crippen molar-refractivity contribution in [3.63, 3.8) is 0 Å². The number of carbonyl (C=O) groups excluding carboxylic acids is 2. The lowest BCUT2D eigenvalue weighted by Gasteiger charge is -2.08. The van der Waals surface area contributed by atoms with Gasteiger partial charge in [-0.15, -0.1) is 0 Å². The van der Waals surface area contributed by atoms with Gasteiger partial charge in [0.15, 0.2) is 5.92 Å². The molecule has 1 unspecified atom stereocenters. The lowest BCUT2D eigenvalue weighted by Crippen LogP contribution is -2.26. The third-order valence-electron chi connectivity index (χ3n) is 2.47. The molecular formula is C12H16O5. The van der Waals surface area contributed by atoms with E-state index in [0.717, 1.165) is 19.4 Å². The summed E-state index contributed by atoms with van der Waals surface area (Å²) in [6.45, 7) is 0.719. The molecule has 5 nitrogen and oxygen atoms in total. The predicted octanol–water partition coefficient (Wildman–Crippen LogP) is 0.521. The highest BCUT2D eigenvalue weighted by Gasteiger charge is 2.27. The summed E-state index contributed by atoms with van der Waals surface area (Å²) in [5, 5.41) is 0. The molecule has 0 aromatic heterocycles. The topological polar surface area (TPSA) is 61.8 Å². The smallest absolute Gasteiger partial charge is 0.321 e. The fraction of sp³-hybridized carbons (Fsp3) is 0.667. The zero-order chi connectivity index (χ0) is 12.7. The van der Waals surface area contributed by atoms with Crippen molar-refractivity contribution in [2.75, 3.05) is 20.8 Å². The number of hydrogen-bond acceptors (Lipinski definition) is 5. The molecule has 1 heterocycles. The highest BCUT2D eigenvalue weighted by Crippen LogP contribution is 2.11. The van der Waals surface area contributed by atoms with Crippen LogP contribution in [0.1, 0.15) is 19.3 Å². The van der Waals surface area contributed by atoms with Crippen molar-refractivity contribution in [2.24, 2.45) is 5.92 Å². The summed E-state index contributed by atoms with van der Waals surface area (Å²) in [5.74, 6) is 3.44. The third kappa shape index (κ3) is 4.08. The van der Waals surface area contributed by atoms with Crippen LogP contribution in [0.2, 0.25) is 0 Å². The average Bonchev–Trinajstić information content (AvgIpc) is 2.86. The molecule has 0 saturated carbocycles. The van der Waals surface area contributed by atoms with Crippen LogP contribution in [0.4, 0.5) is 0 Å². The Morgan fingerprint density at radius 1 is 1.35 bits per heavy atom. The van der Waals surface area contributed by atoms with E-state index >= 15 is 0 Å². The Hall–Kier alpha value is -1.54. The first-order valence-corrected chi connectivity index (χ1v) is 5.44. The number of rotatable bonds is 3. The molecular weight excluding hydrogens is 224 g/mol. The van der Waals surface area contributed by atoms with Crippen LogP contribution in [0.5, 0.6) is 0 Å². The van der Waals surface area contributed by atoms with Crippen LogP contribution in [-0.2, 0) is 23.8 Å². The summed E-state index contributed by atoms with van der Waals surface area (Å²) in [6.07, 6.45) is 1.91. The Morgan fingerprint density at radius 2 is 2.00 bits per heavy atom. The first kappa shape index (κ1) is 13.5. The van der Waals surface area contributed by atoms with E-state index in [4.69, 9.17) is 4.74 Å². The van der Waals surface area contributed by atoms with Crippen LogP contribution in [-0.4, -0.2) is 38.9 Å². The Labute approximate surface area is 100 Å². The summed E-state index contributed by atoms with van der Waals surface area (Å²) >= 11 is 0. The summed E-state index contributed by atoms with van der Waals surface area (Å²) in [4.78, 5) is 22.6. The first-order valence-electron chi connectivity index (χ1n) is 5.44. The van der Waals surface area contributed by atoms with Gasteiger partial charge in [0, 0.05) is 13.0 Å². The molecule has 17 heavy (non-hydrogen) atoms. The van der Waals surface area contributed by atoms with Gasteiger partial charge in [0.05, 0.1) is 14.2 Å². The van der Waals surface area contributed by atoms with Crippen LogP contribution < -0.4 is 0 Å². The fourth-order valence-electron chi connectivity index (χ4n) is 1.51. The van der Waals surface area contributed by atoms with Gasteiger partial charge in [-0.3, -0.25) is 9.59 Å². The Bertz CT molecular complexity index is 317. The fourth-order valence-corrected chi connectivity index (χ4v) is 1.51. The van der Waals surface area contributed by atoms with Crippen LogP contribution in [0.3, 0.4) is 0 Å². The number of methoxy groups -OCH3 is 2. The van der Waals surface area contributed by atoms with Gasteiger partial charge >= 0.3 is 11.9 Å². The first-order chi connectivity index (χ1) is 8.19. The van der Waals surface area contributed by atoms with Crippen molar-refractivity contribution >= 4 is 11.9 Å². The second kappa shape index (κ2) is 6.92. The normalized spacial score (nSPS) is 18.4. The van der Waals surface area contributed by atoms with Crippen molar-refractivity contribution in [1.29, 1.82) is 0 Å². The van der Waals surface area contributed by atoms with Crippen LogP contribution in [0, 0.1) is 17.8 Å². The van der Waals surface area contributed by atoms with Crippen molar-refractivity contribution in [2.45, 2.75) is 25.4 Å². The van der Waals surface area contributed by atoms with E-state index in [1.807, 2.05) is 0 Å². The largest absolute Gasteiger partial charge is 0.468 e. The van der Waals surface area contributed by atoms with Gasteiger partial charge in [-0.2, -0.15) is 0 Å². The molecule has 1 saturated heterocycles. The SMILES string of the molecule is COC(=O)C(CC#CC1CCCO1)C(=O)OC. The molecule has 1 aliphatic rings. The monoisotopic (exact) mass is 240 g/mol. The van der Waals surface area contributed by atoms with E-state index in [2.05, 4.69) is 21.3 Å². The maximum Gasteiger partial charge on any atom is 0.321 e. The summed E-state index contributed by atoms with van der Waals surface area (Å²) in [7, 11) is 2.46. The highest BCUT2D eigenvalue weighted by atomic mass is 16.5. The number of ether oxygens (including phenoxy) is 3. The maximum atomic E-state index is 11.3. The Balaban J connectivity index is 2.53. The molecule has 5 heteroatoms. The number of hydrogen-bond donors (Lipinski definition) is 0. The van der Waals surface area contributed by atoms with E-state index in [1.165, 1.54) is 14.2 Å². The molecule has 1 fully saturated rings. The van der Waals surface area contributed by atoms with Gasteiger partial charge in [0.2, 0.25) is 0 Å². The van der Waals surface area contributed by atoms with Gasteiger partial charge in [0.25, 0.3) is 0 Å². The molecule has 0 radical (unpaired) electrons. The summed E-state index contributed by atoms with van der Waals surface area (Å²) in [5.41, 5.74) is 0. The zero-order valence-corrected chi connectivity index (χ0v) is 10.0. The van der Waals surface area contributed by atoms with Crippen LogP contribution in [0.15, 0.2) is 0 Å². The van der Waals surface area contributed by atoms with Crippen LogP contribution >= 0.6 is 0 Å². The van der Waals surface area contributed by atoms with Crippen molar-refractivity contribution in [3.05, 3.63) is 0 Å². The van der Waals surface area contributed by atoms with E-state index in [-0.39, 0.29) is 12.5 Å². The Morgan fingerprint density at radius 3 is 2.47 bits per heavy atom. The second-order valence-electron chi connectivity index (χ2n) is 3.63. The third-order valence-corrected chi connectivity index (χ3v) is 2.47. The standard InChI is InChI=1S/C12H16O5/c1-15-11(13)10(12(14)16-2)7-3-5-9-6-4-8-17-9/h9-10H,4,6-8H2,1-2H3. The van der Waals surface area contributed by atoms with E-state index in [1.54, 1.807) is 0 Å². The lowest BCUT2D eigenvalue weighted by atomic mass is 10.1. The predicted molar refractivity (Wildman–Crippen MR) is 58.9 cm³/mol. The van der Waals surface area contributed by atoms with Gasteiger partial charge in [-0.05, 0) is 12.8 Å². The molecule has 1 atom stereocenters. The minimum Gasteiger partial charge on any atom is -0.468 e. The highest BCUT2D eigenvalue weighted by molar-refractivity contribution is 5.95. The molecule has 0 spiro atoms.